The molecule has 0 amide bonds. The van der Waals surface area contributed by atoms with Crippen LogP contribution >= 0.6 is 0 Å². The van der Waals surface area contributed by atoms with Crippen molar-refractivity contribution in [3.05, 3.63) is 53.7 Å². The molecular weight excluding hydrogens is 238 g/mol. The molecule has 0 fully saturated rings. The fourth-order valence-corrected chi connectivity index (χ4v) is 2.37. The van der Waals surface area contributed by atoms with E-state index in [1.165, 1.54) is 0 Å². The molecule has 0 radical (unpaired) electrons. The molecule has 3 rings (SSSR count). The molecule has 0 saturated heterocycles. The van der Waals surface area contributed by atoms with Crippen LogP contribution in [0.2, 0.25) is 0 Å². The van der Waals surface area contributed by atoms with Gasteiger partial charge in [0.25, 0.3) is 0 Å². The number of hydrogen-bond donors (Lipinski definition) is 1. The van der Waals surface area contributed by atoms with Crippen LogP contribution < -0.4 is 5.73 Å². The van der Waals surface area contributed by atoms with Gasteiger partial charge in [0.05, 0.1) is 17.1 Å². The molecule has 0 aliphatic rings. The molecule has 19 heavy (non-hydrogen) atoms. The minimum Gasteiger partial charge on any atom is -0.465 e. The highest BCUT2D eigenvalue weighted by molar-refractivity contribution is 5.75. The van der Waals surface area contributed by atoms with E-state index in [4.69, 9.17) is 10.2 Å². The van der Waals surface area contributed by atoms with Crippen molar-refractivity contribution in [2.24, 2.45) is 5.73 Å². The number of imidazole rings is 1. The molecule has 2 heterocycles. The normalized spacial score (nSPS) is 13.0. The summed E-state index contributed by atoms with van der Waals surface area (Å²) in [6, 6.07) is 11.8. The molecule has 1 unspecified atom stereocenters. The summed E-state index contributed by atoms with van der Waals surface area (Å²) in [5, 5.41) is 0. The molecule has 0 spiro atoms. The quantitative estimate of drug-likeness (QED) is 0.782. The van der Waals surface area contributed by atoms with Crippen LogP contribution in [0.25, 0.3) is 11.0 Å². The molecule has 4 nitrogen and oxygen atoms in total. The van der Waals surface area contributed by atoms with Crippen LogP contribution in [0.1, 0.15) is 23.4 Å². The van der Waals surface area contributed by atoms with E-state index >= 15 is 0 Å². The standard InChI is InChI=1S/C15H17N3O/c1-10-7-8-15(19-10)12(16)9-18-11(2)17-13-5-3-4-6-14(13)18/h3-8,12H,9,16H2,1-2H3. The van der Waals surface area contributed by atoms with Gasteiger partial charge in [0.1, 0.15) is 17.3 Å². The predicted molar refractivity (Wildman–Crippen MR) is 74.8 cm³/mol. The van der Waals surface area contributed by atoms with Gasteiger partial charge in [-0.05, 0) is 38.1 Å². The van der Waals surface area contributed by atoms with Crippen LogP contribution in [0.5, 0.6) is 0 Å². The lowest BCUT2D eigenvalue weighted by Crippen LogP contribution is -2.17. The summed E-state index contributed by atoms with van der Waals surface area (Å²) in [7, 11) is 0. The van der Waals surface area contributed by atoms with Crippen LogP contribution in [0, 0.1) is 13.8 Å². The fourth-order valence-electron chi connectivity index (χ4n) is 2.37. The summed E-state index contributed by atoms with van der Waals surface area (Å²) in [6.07, 6.45) is 0. The van der Waals surface area contributed by atoms with E-state index in [0.717, 1.165) is 28.4 Å². The Kier molecular flexibility index (Phi) is 2.87. The molecule has 0 bridgehead atoms. The van der Waals surface area contributed by atoms with Crippen molar-refractivity contribution in [2.75, 3.05) is 0 Å². The smallest absolute Gasteiger partial charge is 0.122 e. The highest BCUT2D eigenvalue weighted by Gasteiger charge is 2.14. The molecule has 2 aromatic heterocycles. The SMILES string of the molecule is Cc1ccc(C(N)Cn2c(C)nc3ccccc32)o1. The van der Waals surface area contributed by atoms with E-state index in [-0.39, 0.29) is 6.04 Å². The molecule has 4 heteroatoms. The molecule has 1 atom stereocenters. The third-order valence-electron chi connectivity index (χ3n) is 3.35. The van der Waals surface area contributed by atoms with Crippen molar-refractivity contribution >= 4 is 11.0 Å². The Morgan fingerprint density at radius 1 is 1.21 bits per heavy atom. The van der Waals surface area contributed by atoms with Gasteiger partial charge in [-0.25, -0.2) is 4.98 Å². The number of para-hydroxylation sites is 2. The van der Waals surface area contributed by atoms with Crippen LogP contribution in [0.3, 0.4) is 0 Å². The van der Waals surface area contributed by atoms with Gasteiger partial charge in [0.2, 0.25) is 0 Å². The van der Waals surface area contributed by atoms with Crippen LogP contribution in [0.15, 0.2) is 40.8 Å². The maximum absolute atomic E-state index is 6.22. The van der Waals surface area contributed by atoms with Gasteiger partial charge in [-0.1, -0.05) is 12.1 Å². The van der Waals surface area contributed by atoms with Crippen molar-refractivity contribution in [2.45, 2.75) is 26.4 Å². The molecule has 0 aliphatic carbocycles. The van der Waals surface area contributed by atoms with Crippen molar-refractivity contribution in [3.63, 3.8) is 0 Å². The van der Waals surface area contributed by atoms with Gasteiger partial charge < -0.3 is 14.7 Å². The van der Waals surface area contributed by atoms with Gasteiger partial charge in [0, 0.05) is 6.54 Å². The summed E-state index contributed by atoms with van der Waals surface area (Å²) < 4.78 is 7.72. The lowest BCUT2D eigenvalue weighted by molar-refractivity contribution is 0.420. The Hall–Kier alpha value is -2.07. The average Bonchev–Trinajstić information content (AvgIpc) is 2.95. The van der Waals surface area contributed by atoms with E-state index in [2.05, 4.69) is 15.6 Å². The number of fused-ring (bicyclic) bond motifs is 1. The number of benzene rings is 1. The first-order valence-corrected chi connectivity index (χ1v) is 6.39. The largest absolute Gasteiger partial charge is 0.465 e. The first-order chi connectivity index (χ1) is 9.15. The van der Waals surface area contributed by atoms with Crippen LogP contribution in [0.4, 0.5) is 0 Å². The van der Waals surface area contributed by atoms with Crippen molar-refractivity contribution in [3.8, 4) is 0 Å². The monoisotopic (exact) mass is 255 g/mol. The number of aromatic nitrogens is 2. The zero-order valence-electron chi connectivity index (χ0n) is 11.1. The van der Waals surface area contributed by atoms with E-state index in [1.54, 1.807) is 0 Å². The molecule has 3 aromatic rings. The van der Waals surface area contributed by atoms with E-state index in [9.17, 15) is 0 Å². The predicted octanol–water partition coefficient (Wildman–Crippen LogP) is 2.95. The molecule has 0 aliphatic heterocycles. The summed E-state index contributed by atoms with van der Waals surface area (Å²) >= 11 is 0. The Morgan fingerprint density at radius 2 is 2.00 bits per heavy atom. The number of furan rings is 1. The number of nitrogens with zero attached hydrogens (tertiary/aromatic N) is 2. The molecule has 98 valence electrons. The second kappa shape index (κ2) is 4.55. The third kappa shape index (κ3) is 2.15. The van der Waals surface area contributed by atoms with Crippen molar-refractivity contribution in [1.82, 2.24) is 9.55 Å². The highest BCUT2D eigenvalue weighted by Crippen LogP contribution is 2.21. The second-order valence-corrected chi connectivity index (χ2v) is 4.81. The van der Waals surface area contributed by atoms with Crippen molar-refractivity contribution in [1.29, 1.82) is 0 Å². The van der Waals surface area contributed by atoms with Crippen LogP contribution in [-0.2, 0) is 6.54 Å². The lowest BCUT2D eigenvalue weighted by atomic mass is 10.2. The van der Waals surface area contributed by atoms with E-state index in [0.29, 0.717) is 6.54 Å². The number of nitrogens with two attached hydrogens (primary N) is 1. The molecule has 0 saturated carbocycles. The van der Waals surface area contributed by atoms with Gasteiger partial charge in [-0.2, -0.15) is 0 Å². The summed E-state index contributed by atoms with van der Waals surface area (Å²) in [5.41, 5.74) is 8.33. The first-order valence-electron chi connectivity index (χ1n) is 6.39. The topological polar surface area (TPSA) is 57.0 Å². The molecular formula is C15H17N3O. The zero-order chi connectivity index (χ0) is 13.4. The number of aryl methyl sites for hydroxylation is 2. The average molecular weight is 255 g/mol. The zero-order valence-corrected chi connectivity index (χ0v) is 11.1. The fraction of sp³-hybridized carbons (Fsp3) is 0.267. The van der Waals surface area contributed by atoms with Gasteiger partial charge in [-0.15, -0.1) is 0 Å². The maximum atomic E-state index is 6.22. The Morgan fingerprint density at radius 3 is 2.74 bits per heavy atom. The molecule has 2 N–H and O–H groups in total. The third-order valence-corrected chi connectivity index (χ3v) is 3.35. The lowest BCUT2D eigenvalue weighted by Gasteiger charge is -2.12. The first kappa shape index (κ1) is 12.0. The Balaban J connectivity index is 1.95. The van der Waals surface area contributed by atoms with Crippen LogP contribution in [-0.4, -0.2) is 9.55 Å². The minimum absolute atomic E-state index is 0.162. The Labute approximate surface area is 111 Å². The Bertz CT molecular complexity index is 711. The van der Waals surface area contributed by atoms with E-state index < -0.39 is 0 Å². The minimum atomic E-state index is -0.162. The maximum Gasteiger partial charge on any atom is 0.122 e. The summed E-state index contributed by atoms with van der Waals surface area (Å²) in [4.78, 5) is 4.54. The van der Waals surface area contributed by atoms with Gasteiger partial charge >= 0.3 is 0 Å². The van der Waals surface area contributed by atoms with Crippen molar-refractivity contribution < 1.29 is 4.42 Å². The van der Waals surface area contributed by atoms with E-state index in [1.807, 2.05) is 44.2 Å². The number of rotatable bonds is 3. The summed E-state index contributed by atoms with van der Waals surface area (Å²) in [6.45, 7) is 4.59. The van der Waals surface area contributed by atoms with Gasteiger partial charge in [-0.3, -0.25) is 0 Å². The number of hydrogen-bond acceptors (Lipinski definition) is 3. The highest BCUT2D eigenvalue weighted by atomic mass is 16.3. The molecule has 1 aromatic carbocycles. The van der Waals surface area contributed by atoms with Gasteiger partial charge in [0.15, 0.2) is 0 Å². The summed E-state index contributed by atoms with van der Waals surface area (Å²) in [5.74, 6) is 2.67. The second-order valence-electron chi connectivity index (χ2n) is 4.81.